The summed E-state index contributed by atoms with van der Waals surface area (Å²) < 4.78 is 15.3. The molecule has 0 saturated heterocycles. The molecule has 0 bridgehead atoms. The van der Waals surface area contributed by atoms with Crippen LogP contribution in [-0.2, 0) is 23.5 Å². The number of ether oxygens (including phenoxy) is 2. The van der Waals surface area contributed by atoms with Gasteiger partial charge in [-0.3, -0.25) is 9.59 Å². The molecule has 6 heteroatoms. The van der Waals surface area contributed by atoms with E-state index in [1.54, 1.807) is 6.08 Å². The van der Waals surface area contributed by atoms with Crippen molar-refractivity contribution in [1.29, 1.82) is 0 Å². The lowest BCUT2D eigenvalue weighted by atomic mass is 10.0. The minimum absolute atomic E-state index is 0.152. The van der Waals surface area contributed by atoms with E-state index in [0.29, 0.717) is 12.2 Å². The Hall–Kier alpha value is -1.40. The first kappa shape index (κ1) is 21.6. The maximum atomic E-state index is 11.6. The Bertz CT molecular complexity index is 444. The molecule has 0 fully saturated rings. The molecule has 0 unspecified atom stereocenters. The molecule has 0 aromatic rings. The van der Waals surface area contributed by atoms with Crippen molar-refractivity contribution in [1.82, 2.24) is 0 Å². The van der Waals surface area contributed by atoms with Gasteiger partial charge in [0.25, 0.3) is 0 Å². The van der Waals surface area contributed by atoms with Gasteiger partial charge in [0.15, 0.2) is 14.2 Å². The standard InChI is InChI=1S/C17H30O5Si/c1-13(12-14(15(18)20-5)16(19)21-6)10-9-11-22-23(7,8)17(2,3)4/h9-10,14H,1,11-12H2,2-8H3/b10-9-. The molecule has 0 saturated carbocycles. The molecule has 132 valence electrons. The third-order valence-electron chi connectivity index (χ3n) is 4.14. The lowest BCUT2D eigenvalue weighted by Crippen LogP contribution is -2.40. The molecule has 0 aliphatic rings. The summed E-state index contributed by atoms with van der Waals surface area (Å²) in [6.45, 7) is 15.2. The Morgan fingerprint density at radius 3 is 2.00 bits per heavy atom. The molecule has 23 heavy (non-hydrogen) atoms. The Balaban J connectivity index is 4.58. The number of methoxy groups -OCH3 is 2. The largest absolute Gasteiger partial charge is 0.468 e. The maximum absolute atomic E-state index is 11.6. The Kier molecular flexibility index (Phi) is 8.48. The first-order valence-corrected chi connectivity index (χ1v) is 10.5. The van der Waals surface area contributed by atoms with Crippen LogP contribution in [0.3, 0.4) is 0 Å². The van der Waals surface area contributed by atoms with E-state index >= 15 is 0 Å². The fourth-order valence-electron chi connectivity index (χ4n) is 1.57. The van der Waals surface area contributed by atoms with Crippen molar-refractivity contribution in [3.8, 4) is 0 Å². The van der Waals surface area contributed by atoms with E-state index in [4.69, 9.17) is 4.43 Å². The van der Waals surface area contributed by atoms with Crippen molar-refractivity contribution < 1.29 is 23.5 Å². The van der Waals surface area contributed by atoms with Crippen LogP contribution in [-0.4, -0.2) is 41.1 Å². The van der Waals surface area contributed by atoms with Gasteiger partial charge >= 0.3 is 11.9 Å². The van der Waals surface area contributed by atoms with Crippen molar-refractivity contribution in [3.63, 3.8) is 0 Å². The summed E-state index contributed by atoms with van der Waals surface area (Å²) in [6.07, 6.45) is 3.79. The van der Waals surface area contributed by atoms with Crippen LogP contribution in [0.2, 0.25) is 18.1 Å². The minimum atomic E-state index is -1.79. The maximum Gasteiger partial charge on any atom is 0.320 e. The number of carbonyl (C=O) groups is 2. The number of esters is 2. The first-order chi connectivity index (χ1) is 10.5. The van der Waals surface area contributed by atoms with E-state index in [0.717, 1.165) is 0 Å². The molecule has 0 aliphatic carbocycles. The van der Waals surface area contributed by atoms with Crippen LogP contribution >= 0.6 is 0 Å². The SMILES string of the molecule is C=C(/C=C\CO[Si](C)(C)C(C)(C)C)CC(C(=O)OC)C(=O)OC. The molecule has 0 heterocycles. The number of carbonyl (C=O) groups excluding carboxylic acids is 2. The fourth-order valence-corrected chi connectivity index (χ4v) is 2.51. The van der Waals surface area contributed by atoms with E-state index < -0.39 is 26.2 Å². The molecule has 5 nitrogen and oxygen atoms in total. The highest BCUT2D eigenvalue weighted by Crippen LogP contribution is 2.36. The number of hydrogen-bond donors (Lipinski definition) is 0. The van der Waals surface area contributed by atoms with E-state index in [9.17, 15) is 9.59 Å². The van der Waals surface area contributed by atoms with Crippen molar-refractivity contribution in [3.05, 3.63) is 24.3 Å². The predicted molar refractivity (Wildman–Crippen MR) is 93.6 cm³/mol. The van der Waals surface area contributed by atoms with Gasteiger partial charge in [0.05, 0.1) is 20.8 Å². The Morgan fingerprint density at radius 1 is 1.13 bits per heavy atom. The highest BCUT2D eigenvalue weighted by molar-refractivity contribution is 6.74. The van der Waals surface area contributed by atoms with Gasteiger partial charge < -0.3 is 13.9 Å². The zero-order valence-corrected chi connectivity index (χ0v) is 16.4. The smallest absolute Gasteiger partial charge is 0.320 e. The van der Waals surface area contributed by atoms with Gasteiger partial charge in [-0.15, -0.1) is 0 Å². The second-order valence-electron chi connectivity index (χ2n) is 6.93. The predicted octanol–water partition coefficient (Wildman–Crippen LogP) is 3.47. The molecule has 0 amide bonds. The molecular formula is C17H30O5Si. The highest BCUT2D eigenvalue weighted by Gasteiger charge is 2.36. The average molecular weight is 343 g/mol. The molecule has 0 radical (unpaired) electrons. The summed E-state index contributed by atoms with van der Waals surface area (Å²) in [5, 5.41) is 0.152. The number of rotatable bonds is 8. The van der Waals surface area contributed by atoms with Gasteiger partial charge in [-0.05, 0) is 24.6 Å². The van der Waals surface area contributed by atoms with Crippen molar-refractivity contribution in [2.24, 2.45) is 5.92 Å². The Morgan fingerprint density at radius 2 is 1.61 bits per heavy atom. The zero-order chi connectivity index (χ0) is 18.3. The summed E-state index contributed by atoms with van der Waals surface area (Å²) in [4.78, 5) is 23.2. The molecule has 0 aromatic carbocycles. The monoisotopic (exact) mass is 342 g/mol. The summed E-state index contributed by atoms with van der Waals surface area (Å²) in [6, 6.07) is 0. The van der Waals surface area contributed by atoms with Crippen LogP contribution in [0.4, 0.5) is 0 Å². The summed E-state index contributed by atoms with van der Waals surface area (Å²) in [7, 11) is 0.695. The molecule has 0 spiro atoms. The van der Waals surface area contributed by atoms with Crippen molar-refractivity contribution >= 4 is 20.3 Å². The van der Waals surface area contributed by atoms with E-state index in [1.807, 2.05) is 6.08 Å². The molecule has 0 rings (SSSR count). The van der Waals surface area contributed by atoms with Gasteiger partial charge in [-0.1, -0.05) is 45.1 Å². The van der Waals surface area contributed by atoms with Crippen molar-refractivity contribution in [2.75, 3.05) is 20.8 Å². The molecule has 0 atom stereocenters. The van der Waals surface area contributed by atoms with E-state index in [2.05, 4.69) is 49.9 Å². The second kappa shape index (κ2) is 9.03. The summed E-state index contributed by atoms with van der Waals surface area (Å²) >= 11 is 0. The topological polar surface area (TPSA) is 61.8 Å². The molecular weight excluding hydrogens is 312 g/mol. The van der Waals surface area contributed by atoms with E-state index in [-0.39, 0.29) is 11.5 Å². The molecule has 0 N–H and O–H groups in total. The van der Waals surface area contributed by atoms with Crippen LogP contribution in [0.5, 0.6) is 0 Å². The quantitative estimate of drug-likeness (QED) is 0.292. The van der Waals surface area contributed by atoms with Gasteiger partial charge in [0, 0.05) is 0 Å². The number of allylic oxidation sites excluding steroid dienone is 2. The third-order valence-corrected chi connectivity index (χ3v) is 8.64. The van der Waals surface area contributed by atoms with Gasteiger partial charge in [0.1, 0.15) is 0 Å². The lowest BCUT2D eigenvalue weighted by Gasteiger charge is -2.35. The van der Waals surface area contributed by atoms with Crippen LogP contribution in [0.25, 0.3) is 0 Å². The fraction of sp³-hybridized carbons (Fsp3) is 0.647. The third kappa shape index (κ3) is 7.13. The Labute approximate surface area is 140 Å². The summed E-state index contributed by atoms with van der Waals surface area (Å²) in [5.41, 5.74) is 0.643. The zero-order valence-electron chi connectivity index (χ0n) is 15.4. The number of hydrogen-bond acceptors (Lipinski definition) is 5. The second-order valence-corrected chi connectivity index (χ2v) is 11.7. The average Bonchev–Trinajstić information content (AvgIpc) is 2.46. The molecule has 0 aliphatic heterocycles. The van der Waals surface area contributed by atoms with Crippen molar-refractivity contribution in [2.45, 2.75) is 45.3 Å². The lowest BCUT2D eigenvalue weighted by molar-refractivity contribution is -0.158. The van der Waals surface area contributed by atoms with Gasteiger partial charge in [0.2, 0.25) is 0 Å². The van der Waals surface area contributed by atoms with Gasteiger partial charge in [-0.2, -0.15) is 0 Å². The minimum Gasteiger partial charge on any atom is -0.468 e. The van der Waals surface area contributed by atoms with Crippen LogP contribution in [0, 0.1) is 5.92 Å². The van der Waals surface area contributed by atoms with Crippen LogP contribution < -0.4 is 0 Å². The van der Waals surface area contributed by atoms with E-state index in [1.165, 1.54) is 14.2 Å². The van der Waals surface area contributed by atoms with Gasteiger partial charge in [-0.25, -0.2) is 0 Å². The normalized spacial score (nSPS) is 12.5. The molecule has 0 aromatic heterocycles. The summed E-state index contributed by atoms with van der Waals surface area (Å²) in [5.74, 6) is -2.23. The van der Waals surface area contributed by atoms with Crippen LogP contribution in [0.15, 0.2) is 24.3 Å². The highest BCUT2D eigenvalue weighted by atomic mass is 28.4. The first-order valence-electron chi connectivity index (χ1n) is 7.60. The van der Waals surface area contributed by atoms with Crippen LogP contribution in [0.1, 0.15) is 27.2 Å².